The SMILES string of the molecule is Cc1cc(NC(=O)C2CCN(C(=O)c3cc([N+](=O)[O-])ccc3Cl)CC2)no1. The summed E-state index contributed by atoms with van der Waals surface area (Å²) in [6.07, 6.45) is 0.946. The molecule has 1 aliphatic heterocycles. The van der Waals surface area contributed by atoms with Crippen LogP contribution in [-0.4, -0.2) is 39.9 Å². The number of carbonyl (C=O) groups is 2. The predicted molar refractivity (Wildman–Crippen MR) is 96.6 cm³/mol. The maximum atomic E-state index is 12.7. The van der Waals surface area contributed by atoms with E-state index in [0.29, 0.717) is 37.5 Å². The van der Waals surface area contributed by atoms with Crippen molar-refractivity contribution < 1.29 is 19.0 Å². The van der Waals surface area contributed by atoms with Crippen LogP contribution in [0.3, 0.4) is 0 Å². The Morgan fingerprint density at radius 2 is 2.04 bits per heavy atom. The number of nitro groups is 1. The van der Waals surface area contributed by atoms with Crippen molar-refractivity contribution in [2.45, 2.75) is 19.8 Å². The molecule has 1 saturated heterocycles. The lowest BCUT2D eigenvalue weighted by atomic mass is 9.95. The van der Waals surface area contributed by atoms with E-state index >= 15 is 0 Å². The van der Waals surface area contributed by atoms with Gasteiger partial charge in [-0.15, -0.1) is 0 Å². The number of likely N-dealkylation sites (tertiary alicyclic amines) is 1. The Balaban J connectivity index is 1.62. The second kappa shape index (κ2) is 7.75. The molecular formula is C17H17ClN4O5. The normalized spacial score (nSPS) is 14.8. The van der Waals surface area contributed by atoms with Gasteiger partial charge in [-0.2, -0.15) is 0 Å². The number of nitrogens with one attached hydrogen (secondary N) is 1. The average molecular weight is 393 g/mol. The number of non-ortho nitro benzene ring substituents is 1. The number of nitro benzene ring substituents is 1. The molecule has 1 fully saturated rings. The van der Waals surface area contributed by atoms with E-state index in [0.717, 1.165) is 0 Å². The number of rotatable bonds is 4. The first-order valence-corrected chi connectivity index (χ1v) is 8.70. The fraction of sp³-hybridized carbons (Fsp3) is 0.353. The number of piperidine rings is 1. The van der Waals surface area contributed by atoms with Crippen molar-refractivity contribution in [2.24, 2.45) is 5.92 Å². The zero-order valence-electron chi connectivity index (χ0n) is 14.5. The minimum Gasteiger partial charge on any atom is -0.360 e. The third-order valence-corrected chi connectivity index (χ3v) is 4.75. The molecule has 0 unspecified atom stereocenters. The lowest BCUT2D eigenvalue weighted by Gasteiger charge is -2.31. The van der Waals surface area contributed by atoms with E-state index in [1.54, 1.807) is 17.9 Å². The first-order chi connectivity index (χ1) is 12.8. The van der Waals surface area contributed by atoms with Gasteiger partial charge in [-0.05, 0) is 25.8 Å². The van der Waals surface area contributed by atoms with E-state index in [4.69, 9.17) is 16.1 Å². The van der Waals surface area contributed by atoms with Crippen LogP contribution in [0.25, 0.3) is 0 Å². The maximum absolute atomic E-state index is 12.7. The molecule has 2 aromatic rings. The summed E-state index contributed by atoms with van der Waals surface area (Å²) in [5, 5.41) is 17.5. The summed E-state index contributed by atoms with van der Waals surface area (Å²) in [5.41, 5.74) is -0.105. The zero-order chi connectivity index (χ0) is 19.6. The van der Waals surface area contributed by atoms with E-state index < -0.39 is 4.92 Å². The Bertz CT molecular complexity index is 889. The fourth-order valence-corrected chi connectivity index (χ4v) is 3.16. The number of hydrogen-bond acceptors (Lipinski definition) is 6. The number of hydrogen-bond donors (Lipinski definition) is 1. The van der Waals surface area contributed by atoms with Crippen molar-refractivity contribution in [3.05, 3.63) is 50.7 Å². The summed E-state index contributed by atoms with van der Waals surface area (Å²) in [6, 6.07) is 5.39. The van der Waals surface area contributed by atoms with E-state index in [2.05, 4.69) is 10.5 Å². The van der Waals surface area contributed by atoms with Crippen molar-refractivity contribution in [1.29, 1.82) is 0 Å². The first kappa shape index (κ1) is 18.8. The van der Waals surface area contributed by atoms with Gasteiger partial charge in [-0.3, -0.25) is 19.7 Å². The number of aryl methyl sites for hydroxylation is 1. The number of anilines is 1. The number of nitrogens with zero attached hydrogens (tertiary/aromatic N) is 3. The molecule has 0 bridgehead atoms. The lowest BCUT2D eigenvalue weighted by molar-refractivity contribution is -0.384. The van der Waals surface area contributed by atoms with Crippen LogP contribution in [0.5, 0.6) is 0 Å². The summed E-state index contributed by atoms with van der Waals surface area (Å²) < 4.78 is 4.91. The Kier molecular flexibility index (Phi) is 5.41. The molecule has 10 heteroatoms. The number of amides is 2. The van der Waals surface area contributed by atoms with Crippen LogP contribution in [0.15, 0.2) is 28.8 Å². The Morgan fingerprint density at radius 1 is 1.33 bits per heavy atom. The average Bonchev–Trinajstić information content (AvgIpc) is 3.06. The Labute approximate surface area is 159 Å². The Hall–Kier alpha value is -2.94. The van der Waals surface area contributed by atoms with Gasteiger partial charge in [-0.1, -0.05) is 16.8 Å². The monoisotopic (exact) mass is 392 g/mol. The molecule has 1 aliphatic rings. The first-order valence-electron chi connectivity index (χ1n) is 8.32. The number of carbonyl (C=O) groups excluding carboxylic acids is 2. The molecule has 2 amide bonds. The number of aromatic nitrogens is 1. The molecule has 3 rings (SSSR count). The summed E-state index contributed by atoms with van der Waals surface area (Å²) in [6.45, 7) is 2.44. The minimum atomic E-state index is -0.574. The standard InChI is InChI=1S/C17H17ClN4O5/c1-10-8-15(20-27-10)19-16(23)11-4-6-21(7-5-11)17(24)13-9-12(22(25)26)2-3-14(13)18/h2-3,8-9,11H,4-7H2,1H3,(H,19,20,23). The van der Waals surface area contributed by atoms with Gasteiger partial charge in [0.15, 0.2) is 5.82 Å². The van der Waals surface area contributed by atoms with E-state index in [-0.39, 0.29) is 34.0 Å². The van der Waals surface area contributed by atoms with Crippen LogP contribution in [0.1, 0.15) is 29.0 Å². The van der Waals surface area contributed by atoms with Crippen LogP contribution in [0.2, 0.25) is 5.02 Å². The van der Waals surface area contributed by atoms with Crippen LogP contribution < -0.4 is 5.32 Å². The lowest BCUT2D eigenvalue weighted by Crippen LogP contribution is -2.41. The van der Waals surface area contributed by atoms with Crippen LogP contribution >= 0.6 is 11.6 Å². The number of halogens is 1. The molecule has 2 heterocycles. The topological polar surface area (TPSA) is 119 Å². The second-order valence-corrected chi connectivity index (χ2v) is 6.71. The van der Waals surface area contributed by atoms with Gasteiger partial charge in [0.05, 0.1) is 15.5 Å². The smallest absolute Gasteiger partial charge is 0.270 e. The molecule has 142 valence electrons. The van der Waals surface area contributed by atoms with Crippen LogP contribution in [0, 0.1) is 23.0 Å². The largest absolute Gasteiger partial charge is 0.360 e. The summed E-state index contributed by atoms with van der Waals surface area (Å²) in [5.74, 6) is 0.143. The highest BCUT2D eigenvalue weighted by Crippen LogP contribution is 2.26. The van der Waals surface area contributed by atoms with Gasteiger partial charge < -0.3 is 14.7 Å². The summed E-state index contributed by atoms with van der Waals surface area (Å²) in [4.78, 5) is 36.9. The maximum Gasteiger partial charge on any atom is 0.270 e. The van der Waals surface area contributed by atoms with Crippen molar-refractivity contribution in [3.8, 4) is 0 Å². The highest BCUT2D eigenvalue weighted by molar-refractivity contribution is 6.33. The Morgan fingerprint density at radius 3 is 2.63 bits per heavy atom. The molecule has 1 aromatic heterocycles. The van der Waals surface area contributed by atoms with Crippen LogP contribution in [-0.2, 0) is 4.79 Å². The van der Waals surface area contributed by atoms with E-state index in [9.17, 15) is 19.7 Å². The molecule has 27 heavy (non-hydrogen) atoms. The van der Waals surface area contributed by atoms with Crippen molar-refractivity contribution in [1.82, 2.24) is 10.1 Å². The molecule has 0 radical (unpaired) electrons. The molecule has 1 N–H and O–H groups in total. The van der Waals surface area contributed by atoms with Gasteiger partial charge in [0.25, 0.3) is 11.6 Å². The van der Waals surface area contributed by atoms with Crippen molar-refractivity contribution in [2.75, 3.05) is 18.4 Å². The van der Waals surface area contributed by atoms with Crippen molar-refractivity contribution >= 4 is 34.9 Å². The van der Waals surface area contributed by atoms with Gasteiger partial charge >= 0.3 is 0 Å². The molecule has 1 aromatic carbocycles. The summed E-state index contributed by atoms with van der Waals surface area (Å²) in [7, 11) is 0. The van der Waals surface area contributed by atoms with Crippen LogP contribution in [0.4, 0.5) is 11.5 Å². The van der Waals surface area contributed by atoms with Gasteiger partial charge in [0.1, 0.15) is 5.76 Å². The summed E-state index contributed by atoms with van der Waals surface area (Å²) >= 11 is 6.04. The quantitative estimate of drug-likeness (QED) is 0.631. The molecule has 0 atom stereocenters. The highest BCUT2D eigenvalue weighted by atomic mass is 35.5. The molecule has 0 aliphatic carbocycles. The molecular weight excluding hydrogens is 376 g/mol. The molecule has 0 saturated carbocycles. The van der Waals surface area contributed by atoms with Crippen molar-refractivity contribution in [3.63, 3.8) is 0 Å². The van der Waals surface area contributed by atoms with Gasteiger partial charge in [0, 0.05) is 37.2 Å². The van der Waals surface area contributed by atoms with Gasteiger partial charge in [-0.25, -0.2) is 0 Å². The third-order valence-electron chi connectivity index (χ3n) is 4.42. The zero-order valence-corrected chi connectivity index (χ0v) is 15.2. The van der Waals surface area contributed by atoms with E-state index in [1.807, 2.05) is 0 Å². The third kappa shape index (κ3) is 4.25. The minimum absolute atomic E-state index is 0.0897. The predicted octanol–water partition coefficient (Wildman–Crippen LogP) is 3.04. The molecule has 0 spiro atoms. The highest BCUT2D eigenvalue weighted by Gasteiger charge is 2.29. The van der Waals surface area contributed by atoms with Gasteiger partial charge in [0.2, 0.25) is 5.91 Å². The fourth-order valence-electron chi connectivity index (χ4n) is 2.96. The second-order valence-electron chi connectivity index (χ2n) is 6.30. The van der Waals surface area contributed by atoms with E-state index in [1.165, 1.54) is 18.2 Å². The number of benzene rings is 1. The molecule has 9 nitrogen and oxygen atoms in total.